The predicted molar refractivity (Wildman–Crippen MR) is 189 cm³/mol. The third-order valence-electron chi connectivity index (χ3n) is 8.74. The van der Waals surface area contributed by atoms with Crippen LogP contribution in [0.1, 0.15) is 89.0 Å². The highest BCUT2D eigenvalue weighted by Gasteiger charge is 2.38. The Hall–Kier alpha value is -2.94. The molecule has 0 aromatic carbocycles. The molecular weight excluding hydrogens is 524 g/mol. The summed E-state index contributed by atoms with van der Waals surface area (Å²) in [5.74, 6) is 0.347. The van der Waals surface area contributed by atoms with Crippen molar-refractivity contribution >= 4 is 0 Å². The molecule has 0 bridgehead atoms. The Labute approximate surface area is 263 Å². The molecule has 3 atom stereocenters. The predicted octanol–water partition coefficient (Wildman–Crippen LogP) is 10.6. The highest BCUT2D eigenvalue weighted by atomic mass is 16.3. The van der Waals surface area contributed by atoms with Gasteiger partial charge in [0.15, 0.2) is 0 Å². The molecule has 2 aliphatic rings. The van der Waals surface area contributed by atoms with Gasteiger partial charge in [0.1, 0.15) is 0 Å². The van der Waals surface area contributed by atoms with E-state index in [0.29, 0.717) is 5.92 Å². The summed E-state index contributed by atoms with van der Waals surface area (Å²) in [5, 5.41) is 20.5. The van der Waals surface area contributed by atoms with Gasteiger partial charge in [-0.3, -0.25) is 0 Å². The van der Waals surface area contributed by atoms with Crippen LogP contribution in [0.25, 0.3) is 0 Å². The first-order chi connectivity index (χ1) is 19.9. The standard InChI is InChI=1S/C41H58O2/c1-30(18-14-20-32(3)22-24-35-27-41(10,11)38(43)29-39(35,6)7)16-12-13-17-31(2)19-15-21-33(4)23-25-37-34(5)26-36(42)28-40(37,8)9/h12-27,36-38,42-43H,28-29H2,1-11H3/b13-12+,18-14+,19-15+,24-22+,25-23+,30-16+,31-17+,32-20+,33-21+. The van der Waals surface area contributed by atoms with E-state index < -0.39 is 0 Å². The number of aliphatic hydroxyl groups excluding tert-OH is 2. The number of allylic oxidation sites excluding steroid dienone is 20. The second kappa shape index (κ2) is 15.7. The number of hydrogen-bond donors (Lipinski definition) is 2. The van der Waals surface area contributed by atoms with Gasteiger partial charge in [-0.15, -0.1) is 0 Å². The molecule has 3 unspecified atom stereocenters. The lowest BCUT2D eigenvalue weighted by Gasteiger charge is -2.41. The van der Waals surface area contributed by atoms with E-state index >= 15 is 0 Å². The lowest BCUT2D eigenvalue weighted by atomic mass is 9.66. The molecular formula is C41H58O2. The van der Waals surface area contributed by atoms with Gasteiger partial charge >= 0.3 is 0 Å². The number of rotatable bonds is 10. The third kappa shape index (κ3) is 11.9. The highest BCUT2D eigenvalue weighted by Crippen LogP contribution is 2.45. The van der Waals surface area contributed by atoms with E-state index in [1.807, 2.05) is 6.08 Å². The second-order valence-corrected chi connectivity index (χ2v) is 14.6. The van der Waals surface area contributed by atoms with Crippen LogP contribution in [-0.2, 0) is 0 Å². The molecule has 2 aliphatic carbocycles. The van der Waals surface area contributed by atoms with Crippen LogP contribution in [0.5, 0.6) is 0 Å². The maximum atomic E-state index is 10.5. The van der Waals surface area contributed by atoms with Crippen LogP contribution < -0.4 is 0 Å². The van der Waals surface area contributed by atoms with E-state index in [-0.39, 0.29) is 28.5 Å². The average molecular weight is 583 g/mol. The molecule has 2 nitrogen and oxygen atoms in total. The van der Waals surface area contributed by atoms with Gasteiger partial charge < -0.3 is 10.2 Å². The van der Waals surface area contributed by atoms with Crippen molar-refractivity contribution in [1.29, 1.82) is 0 Å². The minimum Gasteiger partial charge on any atom is -0.392 e. The lowest BCUT2D eigenvalue weighted by Crippen LogP contribution is -2.38. The van der Waals surface area contributed by atoms with Crippen LogP contribution in [0, 0.1) is 22.2 Å². The van der Waals surface area contributed by atoms with Crippen molar-refractivity contribution in [2.45, 2.75) is 101 Å². The molecule has 43 heavy (non-hydrogen) atoms. The van der Waals surface area contributed by atoms with Crippen LogP contribution in [0.15, 0.2) is 131 Å². The van der Waals surface area contributed by atoms with Crippen LogP contribution in [0.2, 0.25) is 0 Å². The molecule has 2 N–H and O–H groups in total. The molecule has 0 saturated carbocycles. The molecule has 2 heteroatoms. The molecule has 0 aliphatic heterocycles. The zero-order valence-corrected chi connectivity index (χ0v) is 28.8. The van der Waals surface area contributed by atoms with E-state index in [2.05, 4.69) is 167 Å². The summed E-state index contributed by atoms with van der Waals surface area (Å²) in [5.41, 5.74) is 7.13. The van der Waals surface area contributed by atoms with Gasteiger partial charge in [-0.2, -0.15) is 0 Å². The molecule has 0 aromatic rings. The first kappa shape index (κ1) is 36.3. The van der Waals surface area contributed by atoms with E-state index in [1.54, 1.807) is 0 Å². The second-order valence-electron chi connectivity index (χ2n) is 14.6. The molecule has 0 spiro atoms. The van der Waals surface area contributed by atoms with Gasteiger partial charge in [-0.05, 0) is 63.9 Å². The Morgan fingerprint density at radius 3 is 1.72 bits per heavy atom. The summed E-state index contributed by atoms with van der Waals surface area (Å²) in [6, 6.07) is 0. The van der Waals surface area contributed by atoms with E-state index in [1.165, 1.54) is 33.4 Å². The minimum atomic E-state index is -0.332. The Morgan fingerprint density at radius 1 is 0.698 bits per heavy atom. The highest BCUT2D eigenvalue weighted by molar-refractivity contribution is 5.37. The third-order valence-corrected chi connectivity index (χ3v) is 8.74. The molecule has 0 aromatic heterocycles. The molecule has 234 valence electrons. The summed E-state index contributed by atoms with van der Waals surface area (Å²) in [4.78, 5) is 0. The fourth-order valence-corrected chi connectivity index (χ4v) is 5.80. The molecule has 0 saturated heterocycles. The van der Waals surface area contributed by atoms with Gasteiger partial charge in [0.2, 0.25) is 0 Å². The van der Waals surface area contributed by atoms with Crippen molar-refractivity contribution in [2.75, 3.05) is 0 Å². The summed E-state index contributed by atoms with van der Waals surface area (Å²) < 4.78 is 0. The first-order valence-corrected chi connectivity index (χ1v) is 15.8. The number of hydrogen-bond acceptors (Lipinski definition) is 2. The summed E-state index contributed by atoms with van der Waals surface area (Å²) in [6.45, 7) is 23.7. The van der Waals surface area contributed by atoms with Gasteiger partial charge in [-0.25, -0.2) is 0 Å². The van der Waals surface area contributed by atoms with Crippen molar-refractivity contribution in [3.8, 4) is 0 Å². The first-order valence-electron chi connectivity index (χ1n) is 15.8. The summed E-state index contributed by atoms with van der Waals surface area (Å²) in [7, 11) is 0. The molecule has 0 amide bonds. The SMILES string of the molecule is CC1=CC(O)CC(C)(C)C1/C=C/C(C)=C/C=C/C(C)=C/C=C/C=C(C)/C=C/C=C(C)/C=C/C1=CC(C)(C)C(O)CC1(C)C. The average Bonchev–Trinajstić information content (AvgIpc) is 2.86. The Balaban J connectivity index is 1.91. The Kier molecular flexibility index (Phi) is 13.2. The molecule has 0 fully saturated rings. The topological polar surface area (TPSA) is 40.5 Å². The van der Waals surface area contributed by atoms with Crippen LogP contribution in [-0.4, -0.2) is 22.4 Å². The Morgan fingerprint density at radius 2 is 1.19 bits per heavy atom. The van der Waals surface area contributed by atoms with E-state index in [0.717, 1.165) is 12.8 Å². The van der Waals surface area contributed by atoms with Gasteiger partial charge in [-0.1, -0.05) is 167 Å². The maximum absolute atomic E-state index is 10.5. The van der Waals surface area contributed by atoms with Crippen LogP contribution in [0.3, 0.4) is 0 Å². The van der Waals surface area contributed by atoms with Crippen molar-refractivity contribution in [1.82, 2.24) is 0 Å². The molecule has 0 radical (unpaired) electrons. The van der Waals surface area contributed by atoms with E-state index in [9.17, 15) is 10.2 Å². The van der Waals surface area contributed by atoms with Crippen molar-refractivity contribution < 1.29 is 10.2 Å². The zero-order chi connectivity index (χ0) is 32.4. The smallest absolute Gasteiger partial charge is 0.0729 e. The zero-order valence-electron chi connectivity index (χ0n) is 28.8. The summed E-state index contributed by atoms with van der Waals surface area (Å²) in [6.07, 6.45) is 35.1. The lowest BCUT2D eigenvalue weighted by molar-refractivity contribution is 0.0360. The quantitative estimate of drug-likeness (QED) is 0.199. The van der Waals surface area contributed by atoms with Crippen LogP contribution >= 0.6 is 0 Å². The Bertz CT molecular complexity index is 1300. The summed E-state index contributed by atoms with van der Waals surface area (Å²) >= 11 is 0. The monoisotopic (exact) mass is 582 g/mol. The largest absolute Gasteiger partial charge is 0.392 e. The fraction of sp³-hybridized carbons (Fsp3) is 0.463. The van der Waals surface area contributed by atoms with Crippen LogP contribution in [0.4, 0.5) is 0 Å². The normalized spacial score (nSPS) is 27.2. The van der Waals surface area contributed by atoms with E-state index in [4.69, 9.17) is 0 Å². The van der Waals surface area contributed by atoms with Gasteiger partial charge in [0.05, 0.1) is 12.2 Å². The van der Waals surface area contributed by atoms with Gasteiger partial charge in [0, 0.05) is 11.3 Å². The maximum Gasteiger partial charge on any atom is 0.0729 e. The minimum absolute atomic E-state index is 0.0293. The molecule has 0 heterocycles. The molecule has 2 rings (SSSR count). The van der Waals surface area contributed by atoms with Crippen molar-refractivity contribution in [3.05, 3.63) is 131 Å². The fourth-order valence-electron chi connectivity index (χ4n) is 5.80. The van der Waals surface area contributed by atoms with Crippen molar-refractivity contribution in [3.63, 3.8) is 0 Å². The van der Waals surface area contributed by atoms with Crippen molar-refractivity contribution in [2.24, 2.45) is 22.2 Å². The number of aliphatic hydroxyl groups is 2. The van der Waals surface area contributed by atoms with Gasteiger partial charge in [0.25, 0.3) is 0 Å².